The van der Waals surface area contributed by atoms with Gasteiger partial charge in [0.25, 0.3) is 0 Å². The zero-order valence-electron chi connectivity index (χ0n) is 17.0. The Balaban J connectivity index is 0.00000364. The van der Waals surface area contributed by atoms with Crippen molar-refractivity contribution >= 4 is 41.7 Å². The Morgan fingerprint density at radius 3 is 2.67 bits per heavy atom. The highest BCUT2D eigenvalue weighted by Gasteiger charge is 2.32. The maximum Gasteiger partial charge on any atom is 0.191 e. The van der Waals surface area contributed by atoms with E-state index < -0.39 is 0 Å². The van der Waals surface area contributed by atoms with Crippen LogP contribution in [0.1, 0.15) is 30.9 Å². The van der Waals surface area contributed by atoms with Gasteiger partial charge in [0.2, 0.25) is 0 Å². The van der Waals surface area contributed by atoms with Crippen molar-refractivity contribution in [3.8, 4) is 5.75 Å². The van der Waals surface area contributed by atoms with Crippen molar-refractivity contribution in [2.45, 2.75) is 37.9 Å². The minimum atomic E-state index is 0. The van der Waals surface area contributed by atoms with Gasteiger partial charge in [-0.3, -0.25) is 4.99 Å². The summed E-state index contributed by atoms with van der Waals surface area (Å²) in [6, 6.07) is 6.38. The molecular weight excluding hydrogens is 473 g/mol. The van der Waals surface area contributed by atoms with Gasteiger partial charge in [0.05, 0.1) is 7.11 Å². The van der Waals surface area contributed by atoms with Gasteiger partial charge in [-0.2, -0.15) is 11.8 Å². The van der Waals surface area contributed by atoms with E-state index in [0.29, 0.717) is 0 Å². The second-order valence-electron chi connectivity index (χ2n) is 6.63. The van der Waals surface area contributed by atoms with Crippen LogP contribution < -0.4 is 15.4 Å². The molecule has 0 aliphatic carbocycles. The number of aliphatic imine (C=N–C) groups is 1. The molecule has 0 radical (unpaired) electrons. The quantitative estimate of drug-likeness (QED) is 0.320. The third kappa shape index (κ3) is 7.69. The first kappa shape index (κ1) is 24.4. The van der Waals surface area contributed by atoms with Crippen LogP contribution in [-0.4, -0.2) is 56.9 Å². The lowest BCUT2D eigenvalue weighted by Crippen LogP contribution is -2.48. The third-order valence-corrected chi connectivity index (χ3v) is 6.29. The SMILES string of the molecule is CCSC1(CNC(=NC)NCCc2ccc(C)c(OC)c2)CCOCC1.I. The molecule has 154 valence electrons. The Labute approximate surface area is 185 Å². The molecule has 1 heterocycles. The maximum absolute atomic E-state index is 5.55. The van der Waals surface area contributed by atoms with Crippen LogP contribution in [0.2, 0.25) is 0 Å². The van der Waals surface area contributed by atoms with Crippen LogP contribution in [0.25, 0.3) is 0 Å². The number of hydrogen-bond acceptors (Lipinski definition) is 4. The number of benzene rings is 1. The topological polar surface area (TPSA) is 54.9 Å². The first-order chi connectivity index (χ1) is 12.6. The highest BCUT2D eigenvalue weighted by Crippen LogP contribution is 2.34. The van der Waals surface area contributed by atoms with Crippen LogP contribution in [0.3, 0.4) is 0 Å². The lowest BCUT2D eigenvalue weighted by Gasteiger charge is -2.37. The van der Waals surface area contributed by atoms with E-state index in [-0.39, 0.29) is 28.7 Å². The second-order valence-corrected chi connectivity index (χ2v) is 8.37. The van der Waals surface area contributed by atoms with E-state index in [2.05, 4.69) is 47.7 Å². The van der Waals surface area contributed by atoms with Crippen LogP contribution in [0.4, 0.5) is 0 Å². The van der Waals surface area contributed by atoms with Gasteiger partial charge in [-0.05, 0) is 49.1 Å². The summed E-state index contributed by atoms with van der Waals surface area (Å²) in [5.74, 6) is 2.94. The Kier molecular flexibility index (Phi) is 11.5. The predicted molar refractivity (Wildman–Crippen MR) is 127 cm³/mol. The number of hydrogen-bond donors (Lipinski definition) is 2. The molecule has 0 aromatic heterocycles. The lowest BCUT2D eigenvalue weighted by atomic mass is 9.99. The molecule has 1 aromatic carbocycles. The predicted octanol–water partition coefficient (Wildman–Crippen LogP) is 3.63. The van der Waals surface area contributed by atoms with E-state index in [4.69, 9.17) is 9.47 Å². The minimum Gasteiger partial charge on any atom is -0.496 e. The third-order valence-electron chi connectivity index (χ3n) is 4.83. The van der Waals surface area contributed by atoms with Crippen molar-refractivity contribution in [1.82, 2.24) is 10.6 Å². The van der Waals surface area contributed by atoms with Crippen molar-refractivity contribution in [1.29, 1.82) is 0 Å². The number of aryl methyl sites for hydroxylation is 1. The first-order valence-electron chi connectivity index (χ1n) is 9.42. The van der Waals surface area contributed by atoms with Crippen molar-refractivity contribution < 1.29 is 9.47 Å². The fraction of sp³-hybridized carbons (Fsp3) is 0.650. The summed E-state index contributed by atoms with van der Waals surface area (Å²) >= 11 is 2.04. The number of nitrogens with zero attached hydrogens (tertiary/aromatic N) is 1. The maximum atomic E-state index is 5.55. The number of halogens is 1. The molecule has 1 aliphatic heterocycles. The van der Waals surface area contributed by atoms with E-state index in [1.165, 1.54) is 5.56 Å². The van der Waals surface area contributed by atoms with Crippen LogP contribution in [-0.2, 0) is 11.2 Å². The number of thioether (sulfide) groups is 1. The van der Waals surface area contributed by atoms with Crippen molar-refractivity contribution in [3.63, 3.8) is 0 Å². The van der Waals surface area contributed by atoms with Gasteiger partial charge in [-0.15, -0.1) is 24.0 Å². The summed E-state index contributed by atoms with van der Waals surface area (Å²) in [4.78, 5) is 4.37. The standard InChI is InChI=1S/C20H33N3O2S.HI/c1-5-26-20(9-12-25-13-10-20)15-23-19(21-3)22-11-8-17-7-6-16(2)18(14-17)24-4;/h6-7,14H,5,8-13,15H2,1-4H3,(H2,21,22,23);1H. The summed E-state index contributed by atoms with van der Waals surface area (Å²) in [7, 11) is 3.55. The molecule has 2 N–H and O–H groups in total. The molecule has 0 spiro atoms. The monoisotopic (exact) mass is 507 g/mol. The number of nitrogens with one attached hydrogen (secondary N) is 2. The zero-order chi connectivity index (χ0) is 18.8. The molecule has 0 atom stereocenters. The molecule has 0 bridgehead atoms. The fourth-order valence-corrected chi connectivity index (χ4v) is 4.47. The number of guanidine groups is 1. The molecule has 5 nitrogen and oxygen atoms in total. The largest absolute Gasteiger partial charge is 0.496 e. The summed E-state index contributed by atoms with van der Waals surface area (Å²) in [6.07, 6.45) is 3.12. The van der Waals surface area contributed by atoms with Gasteiger partial charge in [-0.1, -0.05) is 19.1 Å². The van der Waals surface area contributed by atoms with Gasteiger partial charge < -0.3 is 20.1 Å². The summed E-state index contributed by atoms with van der Waals surface area (Å²) in [6.45, 7) is 7.76. The van der Waals surface area contributed by atoms with Gasteiger partial charge in [0.1, 0.15) is 5.75 Å². The number of ether oxygens (including phenoxy) is 2. The van der Waals surface area contributed by atoms with Crippen LogP contribution >= 0.6 is 35.7 Å². The molecule has 0 saturated carbocycles. The van der Waals surface area contributed by atoms with Crippen LogP contribution in [0.15, 0.2) is 23.2 Å². The smallest absolute Gasteiger partial charge is 0.191 e. The Bertz CT molecular complexity index is 587. The van der Waals surface area contributed by atoms with Crippen LogP contribution in [0, 0.1) is 6.92 Å². The van der Waals surface area contributed by atoms with Gasteiger partial charge in [-0.25, -0.2) is 0 Å². The van der Waals surface area contributed by atoms with Crippen molar-refractivity contribution in [2.75, 3.05) is 46.2 Å². The number of rotatable bonds is 8. The summed E-state index contributed by atoms with van der Waals surface area (Å²) in [5, 5.41) is 6.95. The Morgan fingerprint density at radius 2 is 2.04 bits per heavy atom. The van der Waals surface area contributed by atoms with E-state index in [1.54, 1.807) is 7.11 Å². The highest BCUT2D eigenvalue weighted by atomic mass is 127. The van der Waals surface area contributed by atoms with Gasteiger partial charge >= 0.3 is 0 Å². The molecule has 1 aliphatic rings. The lowest BCUT2D eigenvalue weighted by molar-refractivity contribution is 0.0782. The van der Waals surface area contributed by atoms with Gasteiger partial charge in [0, 0.05) is 38.1 Å². The average Bonchev–Trinajstić information content (AvgIpc) is 2.66. The summed E-state index contributed by atoms with van der Waals surface area (Å²) in [5.41, 5.74) is 2.43. The number of methoxy groups -OCH3 is 1. The Morgan fingerprint density at radius 1 is 1.30 bits per heavy atom. The molecule has 0 unspecified atom stereocenters. The molecule has 7 heteroatoms. The van der Waals surface area contributed by atoms with Gasteiger partial charge in [0.15, 0.2) is 5.96 Å². The molecule has 0 amide bonds. The molecule has 1 aromatic rings. The molecular formula is C20H34IN3O2S. The normalized spacial score (nSPS) is 16.4. The Hall–Kier alpha value is -0.670. The van der Waals surface area contributed by atoms with E-state index in [9.17, 15) is 0 Å². The molecule has 1 fully saturated rings. The molecule has 1 saturated heterocycles. The molecule has 27 heavy (non-hydrogen) atoms. The highest BCUT2D eigenvalue weighted by molar-refractivity contribution is 14.0. The van der Waals surface area contributed by atoms with E-state index in [1.807, 2.05) is 18.8 Å². The zero-order valence-corrected chi connectivity index (χ0v) is 20.1. The van der Waals surface area contributed by atoms with Crippen LogP contribution in [0.5, 0.6) is 5.75 Å². The summed E-state index contributed by atoms with van der Waals surface area (Å²) < 4.78 is 11.2. The van der Waals surface area contributed by atoms with Crippen molar-refractivity contribution in [2.24, 2.45) is 4.99 Å². The average molecular weight is 507 g/mol. The van der Waals surface area contributed by atoms with E-state index in [0.717, 1.165) is 68.6 Å². The minimum absolute atomic E-state index is 0. The first-order valence-corrected chi connectivity index (χ1v) is 10.4. The fourth-order valence-electron chi connectivity index (χ4n) is 3.23. The second kappa shape index (κ2) is 12.7. The molecule has 2 rings (SSSR count). The van der Waals surface area contributed by atoms with E-state index >= 15 is 0 Å². The van der Waals surface area contributed by atoms with Crippen molar-refractivity contribution in [3.05, 3.63) is 29.3 Å².